The van der Waals surface area contributed by atoms with Gasteiger partial charge >= 0.3 is 0 Å². The Hall–Kier alpha value is -1.77. The molecule has 146 valence electrons. The molecule has 1 aliphatic heterocycles. The Morgan fingerprint density at radius 2 is 2.04 bits per heavy atom. The number of thiazole rings is 1. The molecule has 1 amide bonds. The molecule has 0 radical (unpaired) electrons. The van der Waals surface area contributed by atoms with Gasteiger partial charge in [-0.25, -0.2) is 13.4 Å². The summed E-state index contributed by atoms with van der Waals surface area (Å²) in [7, 11) is -1.10. The van der Waals surface area contributed by atoms with E-state index in [2.05, 4.69) is 11.9 Å². The lowest BCUT2D eigenvalue weighted by atomic mass is 10.1. The van der Waals surface area contributed by atoms with Gasteiger partial charge in [0, 0.05) is 50.3 Å². The second-order valence-electron chi connectivity index (χ2n) is 7.26. The third-order valence-corrected chi connectivity index (χ3v) is 6.88. The number of nitrogens with zero attached hydrogens (tertiary/aromatic N) is 3. The van der Waals surface area contributed by atoms with Gasteiger partial charge in [-0.1, -0.05) is 12.1 Å². The molecule has 0 aliphatic carbocycles. The van der Waals surface area contributed by atoms with E-state index in [-0.39, 0.29) is 5.91 Å². The van der Waals surface area contributed by atoms with Crippen molar-refractivity contribution < 1.29 is 13.2 Å². The van der Waals surface area contributed by atoms with Gasteiger partial charge in [0.1, 0.15) is 5.01 Å². The highest BCUT2D eigenvalue weighted by Crippen LogP contribution is 2.26. The Labute approximate surface area is 164 Å². The predicted octanol–water partition coefficient (Wildman–Crippen LogP) is 2.51. The van der Waals surface area contributed by atoms with Gasteiger partial charge in [-0.05, 0) is 31.5 Å². The SMILES string of the molecule is CC(=O)N1CC[C@H](CN(C)Cc2csc(-c3ccc(S(C)(=O)=O)cc3)n2)C1. The van der Waals surface area contributed by atoms with Crippen LogP contribution < -0.4 is 0 Å². The van der Waals surface area contributed by atoms with Gasteiger partial charge in [0.15, 0.2) is 9.84 Å². The monoisotopic (exact) mass is 407 g/mol. The van der Waals surface area contributed by atoms with Crippen molar-refractivity contribution in [3.63, 3.8) is 0 Å². The van der Waals surface area contributed by atoms with Crippen LogP contribution in [0.2, 0.25) is 0 Å². The number of carbonyl (C=O) groups excluding carboxylic acids is 1. The van der Waals surface area contributed by atoms with Crippen LogP contribution in [-0.4, -0.2) is 62.0 Å². The van der Waals surface area contributed by atoms with Crippen LogP contribution in [0.1, 0.15) is 19.0 Å². The van der Waals surface area contributed by atoms with E-state index in [0.717, 1.165) is 48.9 Å². The third kappa shape index (κ3) is 5.15. The summed E-state index contributed by atoms with van der Waals surface area (Å²) in [6, 6.07) is 6.85. The number of carbonyl (C=O) groups is 1. The molecule has 1 saturated heterocycles. The summed E-state index contributed by atoms with van der Waals surface area (Å²) >= 11 is 1.56. The Kier molecular flexibility index (Phi) is 5.98. The number of sulfone groups is 1. The Bertz CT molecular complexity index is 907. The Morgan fingerprint density at radius 3 is 2.63 bits per heavy atom. The van der Waals surface area contributed by atoms with Crippen molar-refractivity contribution in [1.29, 1.82) is 0 Å². The predicted molar refractivity (Wildman–Crippen MR) is 107 cm³/mol. The molecule has 1 fully saturated rings. The molecule has 1 atom stereocenters. The fourth-order valence-corrected chi connectivity index (χ4v) is 4.85. The highest BCUT2D eigenvalue weighted by Gasteiger charge is 2.25. The lowest BCUT2D eigenvalue weighted by molar-refractivity contribution is -0.127. The van der Waals surface area contributed by atoms with E-state index in [1.54, 1.807) is 42.5 Å². The number of rotatable bonds is 6. The molecule has 0 spiro atoms. The summed E-state index contributed by atoms with van der Waals surface area (Å²) < 4.78 is 23.1. The minimum atomic E-state index is -3.18. The first kappa shape index (κ1) is 20.0. The maximum absolute atomic E-state index is 11.6. The molecule has 0 saturated carbocycles. The molecule has 0 N–H and O–H groups in total. The number of hydrogen-bond acceptors (Lipinski definition) is 6. The molecule has 1 aromatic carbocycles. The van der Waals surface area contributed by atoms with Gasteiger partial charge in [-0.3, -0.25) is 4.79 Å². The first-order chi connectivity index (χ1) is 12.7. The first-order valence-electron chi connectivity index (χ1n) is 8.91. The largest absolute Gasteiger partial charge is 0.343 e. The standard InChI is InChI=1S/C19H25N3O3S2/c1-14(23)22-9-8-15(11-22)10-21(2)12-17-13-26-19(20-17)16-4-6-18(7-5-16)27(3,24)25/h4-7,13,15H,8-12H2,1-3H3/t15-/m1/s1. The normalized spacial score (nSPS) is 17.6. The van der Waals surface area contributed by atoms with Crippen LogP contribution in [0.5, 0.6) is 0 Å². The summed E-state index contributed by atoms with van der Waals surface area (Å²) in [5.41, 5.74) is 1.93. The molecule has 8 heteroatoms. The highest BCUT2D eigenvalue weighted by atomic mass is 32.2. The average molecular weight is 408 g/mol. The Morgan fingerprint density at radius 1 is 1.33 bits per heavy atom. The Balaban J connectivity index is 1.58. The van der Waals surface area contributed by atoms with E-state index in [9.17, 15) is 13.2 Å². The third-order valence-electron chi connectivity index (χ3n) is 4.81. The zero-order valence-corrected chi connectivity index (χ0v) is 17.5. The van der Waals surface area contributed by atoms with E-state index in [0.29, 0.717) is 10.8 Å². The van der Waals surface area contributed by atoms with Gasteiger partial charge in [-0.15, -0.1) is 11.3 Å². The number of hydrogen-bond donors (Lipinski definition) is 0. The highest BCUT2D eigenvalue weighted by molar-refractivity contribution is 7.90. The van der Waals surface area contributed by atoms with Gasteiger partial charge in [0.05, 0.1) is 10.6 Å². The molecule has 0 unspecified atom stereocenters. The van der Waals surface area contributed by atoms with Crippen molar-refractivity contribution in [3.8, 4) is 10.6 Å². The molecule has 3 rings (SSSR count). The minimum Gasteiger partial charge on any atom is -0.343 e. The van der Waals surface area contributed by atoms with E-state index in [4.69, 9.17) is 4.98 Å². The molecule has 1 aliphatic rings. The quantitative estimate of drug-likeness (QED) is 0.736. The summed E-state index contributed by atoms with van der Waals surface area (Å²) in [5, 5.41) is 2.94. The second-order valence-corrected chi connectivity index (χ2v) is 10.1. The summed E-state index contributed by atoms with van der Waals surface area (Å²) in [6.07, 6.45) is 2.26. The number of amides is 1. The van der Waals surface area contributed by atoms with Crippen molar-refractivity contribution in [2.45, 2.75) is 24.8 Å². The lowest BCUT2D eigenvalue weighted by Crippen LogP contribution is -2.30. The van der Waals surface area contributed by atoms with Gasteiger partial charge in [0.2, 0.25) is 5.91 Å². The zero-order chi connectivity index (χ0) is 19.6. The van der Waals surface area contributed by atoms with Crippen molar-refractivity contribution in [3.05, 3.63) is 35.3 Å². The van der Waals surface area contributed by atoms with E-state index in [1.807, 2.05) is 10.3 Å². The van der Waals surface area contributed by atoms with E-state index in [1.165, 1.54) is 6.26 Å². The van der Waals surface area contributed by atoms with Crippen LogP contribution in [0.25, 0.3) is 10.6 Å². The molecular weight excluding hydrogens is 382 g/mol. The molecule has 1 aromatic heterocycles. The zero-order valence-electron chi connectivity index (χ0n) is 15.9. The van der Waals surface area contributed by atoms with Crippen molar-refractivity contribution in [2.75, 3.05) is 32.9 Å². The molecule has 6 nitrogen and oxygen atoms in total. The minimum absolute atomic E-state index is 0.159. The summed E-state index contributed by atoms with van der Waals surface area (Å²) in [6.45, 7) is 5.03. The van der Waals surface area contributed by atoms with Crippen LogP contribution in [0.3, 0.4) is 0 Å². The second kappa shape index (κ2) is 8.08. The summed E-state index contributed by atoms with van der Waals surface area (Å²) in [5.74, 6) is 0.673. The number of benzene rings is 1. The van der Waals surface area contributed by atoms with Crippen LogP contribution in [-0.2, 0) is 21.2 Å². The average Bonchev–Trinajstić information content (AvgIpc) is 3.24. The molecule has 27 heavy (non-hydrogen) atoms. The lowest BCUT2D eigenvalue weighted by Gasteiger charge is -2.20. The smallest absolute Gasteiger partial charge is 0.219 e. The molecular formula is C19H25N3O3S2. The van der Waals surface area contributed by atoms with Crippen LogP contribution in [0, 0.1) is 5.92 Å². The maximum Gasteiger partial charge on any atom is 0.219 e. The fraction of sp³-hybridized carbons (Fsp3) is 0.474. The topological polar surface area (TPSA) is 70.6 Å². The number of likely N-dealkylation sites (tertiary alicyclic amines) is 1. The van der Waals surface area contributed by atoms with Gasteiger partial charge in [0.25, 0.3) is 0 Å². The van der Waals surface area contributed by atoms with Crippen LogP contribution in [0.15, 0.2) is 34.5 Å². The fourth-order valence-electron chi connectivity index (χ4n) is 3.41. The van der Waals surface area contributed by atoms with E-state index >= 15 is 0 Å². The number of aromatic nitrogens is 1. The van der Waals surface area contributed by atoms with Gasteiger partial charge in [-0.2, -0.15) is 0 Å². The van der Waals surface area contributed by atoms with Crippen LogP contribution >= 0.6 is 11.3 Å². The van der Waals surface area contributed by atoms with Crippen molar-refractivity contribution in [2.24, 2.45) is 5.92 Å². The van der Waals surface area contributed by atoms with Gasteiger partial charge < -0.3 is 9.80 Å². The molecule has 0 bridgehead atoms. The molecule has 2 aromatic rings. The van der Waals surface area contributed by atoms with Crippen molar-refractivity contribution in [1.82, 2.24) is 14.8 Å². The van der Waals surface area contributed by atoms with Crippen molar-refractivity contribution >= 4 is 27.1 Å². The maximum atomic E-state index is 11.6. The first-order valence-corrected chi connectivity index (χ1v) is 11.7. The summed E-state index contributed by atoms with van der Waals surface area (Å²) in [4.78, 5) is 20.6. The molecule has 2 heterocycles. The van der Waals surface area contributed by atoms with Crippen LogP contribution in [0.4, 0.5) is 0 Å². The van der Waals surface area contributed by atoms with E-state index < -0.39 is 9.84 Å².